The van der Waals surface area contributed by atoms with Crippen LogP contribution in [-0.2, 0) is 11.3 Å². The Morgan fingerprint density at radius 2 is 2.00 bits per heavy atom. The van der Waals surface area contributed by atoms with E-state index in [0.29, 0.717) is 11.3 Å². The van der Waals surface area contributed by atoms with Crippen LogP contribution in [0.25, 0.3) is 0 Å². The zero-order valence-electron chi connectivity index (χ0n) is 11.9. The summed E-state index contributed by atoms with van der Waals surface area (Å²) in [5.74, 6) is -3.41. The van der Waals surface area contributed by atoms with Crippen molar-refractivity contribution in [2.24, 2.45) is 0 Å². The summed E-state index contributed by atoms with van der Waals surface area (Å²) in [7, 11) is 0. The fourth-order valence-electron chi connectivity index (χ4n) is 1.89. The number of carbonyl (C=O) groups is 2. The first-order chi connectivity index (χ1) is 10.7. The van der Waals surface area contributed by atoms with Crippen molar-refractivity contribution in [2.75, 3.05) is 5.32 Å². The number of carbonyl (C=O) groups excluding carboxylic acids is 1. The third kappa shape index (κ3) is 4.09. The number of amides is 1. The number of carboxylic acids is 1. The highest BCUT2D eigenvalue weighted by atomic mass is 19.4. The van der Waals surface area contributed by atoms with Crippen LogP contribution >= 0.6 is 0 Å². The third-order valence-electron chi connectivity index (χ3n) is 2.99. The minimum Gasteiger partial charge on any atom is -0.478 e. The largest absolute Gasteiger partial charge is 0.478 e. The second-order valence-corrected chi connectivity index (χ2v) is 4.79. The van der Waals surface area contributed by atoms with Gasteiger partial charge < -0.3 is 10.4 Å². The number of aromatic nitrogens is 2. The van der Waals surface area contributed by atoms with Gasteiger partial charge in [0.15, 0.2) is 5.82 Å². The summed E-state index contributed by atoms with van der Waals surface area (Å²) in [5.41, 5.74) is 1.23. The molecule has 122 valence electrons. The van der Waals surface area contributed by atoms with E-state index < -0.39 is 18.1 Å². The van der Waals surface area contributed by atoms with Gasteiger partial charge in [-0.15, -0.1) is 0 Å². The number of halogens is 3. The molecule has 0 aliphatic carbocycles. The van der Waals surface area contributed by atoms with Gasteiger partial charge in [-0.3, -0.25) is 9.48 Å². The number of hydrogen-bond acceptors (Lipinski definition) is 3. The lowest BCUT2D eigenvalue weighted by Gasteiger charge is -2.06. The van der Waals surface area contributed by atoms with E-state index in [0.717, 1.165) is 0 Å². The first-order valence-corrected chi connectivity index (χ1v) is 6.41. The molecule has 0 fully saturated rings. The minimum atomic E-state index is -4.99. The number of nitrogens with zero attached hydrogens (tertiary/aromatic N) is 2. The first kappa shape index (κ1) is 16.5. The summed E-state index contributed by atoms with van der Waals surface area (Å²) in [6.07, 6.45) is -4.99. The van der Waals surface area contributed by atoms with Crippen molar-refractivity contribution in [2.45, 2.75) is 19.6 Å². The topological polar surface area (TPSA) is 84.2 Å². The summed E-state index contributed by atoms with van der Waals surface area (Å²) in [6.45, 7) is 1.77. The van der Waals surface area contributed by atoms with E-state index in [-0.39, 0.29) is 17.9 Å². The maximum atomic E-state index is 12.2. The van der Waals surface area contributed by atoms with Crippen LogP contribution in [0.5, 0.6) is 0 Å². The first-order valence-electron chi connectivity index (χ1n) is 6.41. The van der Waals surface area contributed by atoms with Crippen molar-refractivity contribution < 1.29 is 27.9 Å². The molecule has 1 aromatic heterocycles. The molecule has 0 aliphatic rings. The molecule has 23 heavy (non-hydrogen) atoms. The molecule has 0 bridgehead atoms. The van der Waals surface area contributed by atoms with Crippen LogP contribution in [0, 0.1) is 6.92 Å². The Bertz CT molecular complexity index is 753. The smallest absolute Gasteiger partial charge is 0.471 e. The number of carboxylic acid groups (broad SMARTS) is 1. The van der Waals surface area contributed by atoms with Crippen molar-refractivity contribution in [1.82, 2.24) is 9.78 Å². The van der Waals surface area contributed by atoms with Gasteiger partial charge in [0, 0.05) is 11.8 Å². The Kier molecular flexibility index (Phi) is 4.39. The molecule has 0 unspecified atom stereocenters. The third-order valence-corrected chi connectivity index (χ3v) is 2.99. The molecule has 2 rings (SSSR count). The van der Waals surface area contributed by atoms with E-state index in [2.05, 4.69) is 5.10 Å². The summed E-state index contributed by atoms with van der Waals surface area (Å²) < 4.78 is 38.0. The van der Waals surface area contributed by atoms with Crippen LogP contribution in [0.1, 0.15) is 21.6 Å². The molecule has 0 atom stereocenters. The summed E-state index contributed by atoms with van der Waals surface area (Å²) in [6, 6.07) is 7.39. The Labute approximate surface area is 128 Å². The van der Waals surface area contributed by atoms with Crippen molar-refractivity contribution >= 4 is 17.7 Å². The Balaban J connectivity index is 2.17. The number of aryl methyl sites for hydroxylation is 1. The normalized spacial score (nSPS) is 11.3. The standard InChI is InChI=1S/C14H12F3N3O3/c1-8-5-11(18-13(23)14(15,16)17)19-20(8)7-9-3-2-4-10(6-9)12(21)22/h2-6H,7H2,1H3,(H,21,22)(H,18,19,23). The van der Waals surface area contributed by atoms with Crippen LogP contribution < -0.4 is 5.32 Å². The van der Waals surface area contributed by atoms with E-state index in [4.69, 9.17) is 5.11 Å². The Morgan fingerprint density at radius 3 is 2.61 bits per heavy atom. The fraction of sp³-hybridized carbons (Fsp3) is 0.214. The van der Waals surface area contributed by atoms with Gasteiger partial charge in [0.1, 0.15) is 0 Å². The highest BCUT2D eigenvalue weighted by Gasteiger charge is 2.39. The van der Waals surface area contributed by atoms with Gasteiger partial charge >= 0.3 is 18.1 Å². The lowest BCUT2D eigenvalue weighted by molar-refractivity contribution is -0.167. The van der Waals surface area contributed by atoms with E-state index in [1.54, 1.807) is 24.4 Å². The minimum absolute atomic E-state index is 0.0953. The van der Waals surface area contributed by atoms with Crippen LogP contribution in [-0.4, -0.2) is 32.9 Å². The molecule has 0 radical (unpaired) electrons. The van der Waals surface area contributed by atoms with Crippen LogP contribution in [0.4, 0.5) is 19.0 Å². The summed E-state index contributed by atoms with van der Waals surface area (Å²) in [4.78, 5) is 21.8. The highest BCUT2D eigenvalue weighted by molar-refractivity contribution is 5.94. The second-order valence-electron chi connectivity index (χ2n) is 4.79. The number of benzene rings is 1. The summed E-state index contributed by atoms with van der Waals surface area (Å²) in [5, 5.41) is 14.5. The van der Waals surface area contributed by atoms with Crippen LogP contribution in [0.15, 0.2) is 30.3 Å². The van der Waals surface area contributed by atoms with Gasteiger partial charge in [-0.1, -0.05) is 12.1 Å². The summed E-state index contributed by atoms with van der Waals surface area (Å²) >= 11 is 0. The predicted molar refractivity (Wildman–Crippen MR) is 74.2 cm³/mol. The van der Waals surface area contributed by atoms with Gasteiger partial charge in [0.2, 0.25) is 0 Å². The maximum absolute atomic E-state index is 12.2. The molecule has 0 spiro atoms. The molecule has 1 aromatic carbocycles. The average Bonchev–Trinajstić information content (AvgIpc) is 2.78. The number of aromatic carboxylic acids is 1. The molecular formula is C14H12F3N3O3. The van der Waals surface area contributed by atoms with Crippen LogP contribution in [0.2, 0.25) is 0 Å². The fourth-order valence-corrected chi connectivity index (χ4v) is 1.89. The second kappa shape index (κ2) is 6.11. The quantitative estimate of drug-likeness (QED) is 0.903. The van der Waals surface area contributed by atoms with Gasteiger partial charge in [-0.05, 0) is 24.6 Å². The lowest BCUT2D eigenvalue weighted by Crippen LogP contribution is -2.30. The van der Waals surface area contributed by atoms with E-state index in [9.17, 15) is 22.8 Å². The lowest BCUT2D eigenvalue weighted by atomic mass is 10.1. The average molecular weight is 327 g/mol. The van der Waals surface area contributed by atoms with Gasteiger partial charge in [0.25, 0.3) is 0 Å². The number of hydrogen-bond donors (Lipinski definition) is 2. The van der Waals surface area contributed by atoms with Crippen molar-refractivity contribution in [3.05, 3.63) is 47.2 Å². The number of rotatable bonds is 4. The van der Waals surface area contributed by atoms with Gasteiger partial charge in [-0.25, -0.2) is 4.79 Å². The molecule has 9 heteroatoms. The van der Waals surface area contributed by atoms with Gasteiger partial charge in [0.05, 0.1) is 12.1 Å². The molecular weight excluding hydrogens is 315 g/mol. The van der Waals surface area contributed by atoms with E-state index >= 15 is 0 Å². The van der Waals surface area contributed by atoms with Crippen LogP contribution in [0.3, 0.4) is 0 Å². The molecule has 1 amide bonds. The highest BCUT2D eigenvalue weighted by Crippen LogP contribution is 2.18. The number of alkyl halides is 3. The van der Waals surface area contributed by atoms with E-state index in [1.807, 2.05) is 0 Å². The van der Waals surface area contributed by atoms with Crippen molar-refractivity contribution in [3.8, 4) is 0 Å². The zero-order chi connectivity index (χ0) is 17.2. The molecule has 1 heterocycles. The molecule has 6 nitrogen and oxygen atoms in total. The number of anilines is 1. The van der Waals surface area contributed by atoms with E-state index in [1.165, 1.54) is 22.9 Å². The maximum Gasteiger partial charge on any atom is 0.471 e. The molecule has 0 saturated carbocycles. The monoisotopic (exact) mass is 327 g/mol. The molecule has 0 aliphatic heterocycles. The Morgan fingerprint density at radius 1 is 1.30 bits per heavy atom. The number of nitrogens with one attached hydrogen (secondary N) is 1. The zero-order valence-corrected chi connectivity index (χ0v) is 11.9. The molecule has 2 N–H and O–H groups in total. The van der Waals surface area contributed by atoms with Crippen molar-refractivity contribution in [3.63, 3.8) is 0 Å². The SMILES string of the molecule is Cc1cc(NC(=O)C(F)(F)F)nn1Cc1cccc(C(=O)O)c1. The molecule has 0 saturated heterocycles. The Hall–Kier alpha value is -2.84. The predicted octanol–water partition coefficient (Wildman–Crippen LogP) is 2.44. The van der Waals surface area contributed by atoms with Crippen molar-refractivity contribution in [1.29, 1.82) is 0 Å². The molecule has 2 aromatic rings. The van der Waals surface area contributed by atoms with Gasteiger partial charge in [-0.2, -0.15) is 18.3 Å².